The zero-order chi connectivity index (χ0) is 22.5. The van der Waals surface area contributed by atoms with Crippen LogP contribution in [-0.2, 0) is 0 Å². The number of rotatable bonds is 6. The van der Waals surface area contributed by atoms with E-state index in [1.54, 1.807) is 31.4 Å². The van der Waals surface area contributed by atoms with Crippen LogP contribution in [0.15, 0.2) is 79.1 Å². The number of carbonyl (C=O) groups is 1. The summed E-state index contributed by atoms with van der Waals surface area (Å²) in [4.78, 5) is 21.1. The predicted octanol–water partition coefficient (Wildman–Crippen LogP) is 5.81. The Bertz CT molecular complexity index is 1230. The molecule has 0 unspecified atom stereocenters. The fourth-order valence-corrected chi connectivity index (χ4v) is 3.38. The van der Waals surface area contributed by atoms with Crippen LogP contribution in [0.3, 0.4) is 0 Å². The van der Waals surface area contributed by atoms with Gasteiger partial charge in [0.25, 0.3) is 5.91 Å². The van der Waals surface area contributed by atoms with Gasteiger partial charge in [0, 0.05) is 28.9 Å². The molecular weight excluding hydrogens is 402 g/mol. The number of ether oxygens (including phenoxy) is 2. The lowest BCUT2D eigenvalue weighted by Gasteiger charge is -2.09. The van der Waals surface area contributed by atoms with Crippen LogP contribution in [0, 0.1) is 13.8 Å². The molecule has 6 nitrogen and oxygen atoms in total. The number of amides is 1. The van der Waals surface area contributed by atoms with Crippen molar-refractivity contribution in [1.82, 2.24) is 9.97 Å². The molecule has 0 bridgehead atoms. The molecule has 1 heterocycles. The van der Waals surface area contributed by atoms with Gasteiger partial charge in [-0.2, -0.15) is 0 Å². The normalized spacial score (nSPS) is 10.5. The number of hydrogen-bond acceptors (Lipinski definition) is 5. The molecule has 0 saturated carbocycles. The molecule has 0 radical (unpaired) electrons. The van der Waals surface area contributed by atoms with E-state index in [0.717, 1.165) is 22.4 Å². The molecule has 32 heavy (non-hydrogen) atoms. The second-order valence-electron chi connectivity index (χ2n) is 7.43. The summed E-state index contributed by atoms with van der Waals surface area (Å²) in [6.45, 7) is 4.01. The standard InChI is InChI=1S/C26H23N3O3/c1-17-11-18(2)13-21(12-17)29-26(30)20-9-7-19(8-10-20)24-15-25(28-16-27-24)32-23-6-4-5-22(14-23)31-3/h4-16H,1-3H3,(H,29,30). The molecule has 0 atom stereocenters. The minimum Gasteiger partial charge on any atom is -0.497 e. The SMILES string of the molecule is COc1cccc(Oc2cc(-c3ccc(C(=O)Nc4cc(C)cc(C)c4)cc3)ncn2)c1. The lowest BCUT2D eigenvalue weighted by atomic mass is 10.1. The molecule has 0 aliphatic carbocycles. The van der Waals surface area contributed by atoms with Crippen LogP contribution < -0.4 is 14.8 Å². The van der Waals surface area contributed by atoms with Crippen LogP contribution in [0.25, 0.3) is 11.3 Å². The van der Waals surface area contributed by atoms with E-state index in [-0.39, 0.29) is 5.91 Å². The number of hydrogen-bond donors (Lipinski definition) is 1. The lowest BCUT2D eigenvalue weighted by molar-refractivity contribution is 0.102. The van der Waals surface area contributed by atoms with Gasteiger partial charge in [-0.3, -0.25) is 4.79 Å². The summed E-state index contributed by atoms with van der Waals surface area (Å²) < 4.78 is 11.1. The summed E-state index contributed by atoms with van der Waals surface area (Å²) >= 11 is 0. The van der Waals surface area contributed by atoms with Crippen molar-refractivity contribution in [2.75, 3.05) is 12.4 Å². The maximum atomic E-state index is 12.6. The van der Waals surface area contributed by atoms with Crippen molar-refractivity contribution in [3.05, 3.63) is 95.8 Å². The van der Waals surface area contributed by atoms with E-state index in [4.69, 9.17) is 9.47 Å². The fourth-order valence-electron chi connectivity index (χ4n) is 3.38. The Kier molecular flexibility index (Phi) is 6.12. The van der Waals surface area contributed by atoms with Gasteiger partial charge in [0.2, 0.25) is 5.88 Å². The summed E-state index contributed by atoms with van der Waals surface area (Å²) in [5.74, 6) is 1.57. The Morgan fingerprint density at radius 1 is 0.844 bits per heavy atom. The molecule has 4 rings (SSSR count). The molecule has 0 fully saturated rings. The van der Waals surface area contributed by atoms with Crippen LogP contribution in [0.2, 0.25) is 0 Å². The van der Waals surface area contributed by atoms with E-state index < -0.39 is 0 Å². The Morgan fingerprint density at radius 3 is 2.28 bits per heavy atom. The maximum Gasteiger partial charge on any atom is 0.255 e. The summed E-state index contributed by atoms with van der Waals surface area (Å²) in [5, 5.41) is 2.95. The van der Waals surface area contributed by atoms with Crippen molar-refractivity contribution in [2.24, 2.45) is 0 Å². The molecular formula is C26H23N3O3. The molecule has 0 aliphatic heterocycles. The smallest absolute Gasteiger partial charge is 0.255 e. The minimum atomic E-state index is -0.161. The quantitative estimate of drug-likeness (QED) is 0.422. The number of benzene rings is 3. The van der Waals surface area contributed by atoms with Gasteiger partial charge in [-0.1, -0.05) is 24.3 Å². The van der Waals surface area contributed by atoms with Gasteiger partial charge in [0.05, 0.1) is 12.8 Å². The molecule has 3 aromatic carbocycles. The number of aryl methyl sites for hydroxylation is 2. The Balaban J connectivity index is 1.49. The van der Waals surface area contributed by atoms with Crippen LogP contribution in [0.1, 0.15) is 21.5 Å². The number of aromatic nitrogens is 2. The van der Waals surface area contributed by atoms with E-state index in [1.165, 1.54) is 6.33 Å². The van der Waals surface area contributed by atoms with Crippen molar-refractivity contribution < 1.29 is 14.3 Å². The largest absolute Gasteiger partial charge is 0.497 e. The second-order valence-corrected chi connectivity index (χ2v) is 7.43. The molecule has 6 heteroatoms. The van der Waals surface area contributed by atoms with E-state index >= 15 is 0 Å². The highest BCUT2D eigenvalue weighted by Crippen LogP contribution is 2.26. The third-order valence-corrected chi connectivity index (χ3v) is 4.83. The Labute approximate surface area is 186 Å². The summed E-state index contributed by atoms with van der Waals surface area (Å²) in [6.07, 6.45) is 1.45. The minimum absolute atomic E-state index is 0.161. The molecule has 1 N–H and O–H groups in total. The fraction of sp³-hybridized carbons (Fsp3) is 0.115. The molecule has 0 spiro atoms. The van der Waals surface area contributed by atoms with Gasteiger partial charge in [-0.05, 0) is 61.4 Å². The highest BCUT2D eigenvalue weighted by atomic mass is 16.5. The van der Waals surface area contributed by atoms with Crippen molar-refractivity contribution >= 4 is 11.6 Å². The third-order valence-electron chi connectivity index (χ3n) is 4.83. The number of anilines is 1. The number of nitrogens with one attached hydrogen (secondary N) is 1. The lowest BCUT2D eigenvalue weighted by Crippen LogP contribution is -2.12. The van der Waals surface area contributed by atoms with Crippen molar-refractivity contribution in [3.8, 4) is 28.6 Å². The summed E-state index contributed by atoms with van der Waals surface area (Å²) in [7, 11) is 1.60. The number of nitrogens with zero attached hydrogens (tertiary/aromatic N) is 2. The highest BCUT2D eigenvalue weighted by molar-refractivity contribution is 6.04. The average Bonchev–Trinajstić information content (AvgIpc) is 2.79. The van der Waals surface area contributed by atoms with Crippen LogP contribution >= 0.6 is 0 Å². The topological polar surface area (TPSA) is 73.3 Å². The van der Waals surface area contributed by atoms with Crippen molar-refractivity contribution in [2.45, 2.75) is 13.8 Å². The van der Waals surface area contributed by atoms with Gasteiger partial charge < -0.3 is 14.8 Å². The Morgan fingerprint density at radius 2 is 1.56 bits per heavy atom. The van der Waals surface area contributed by atoms with E-state index in [9.17, 15) is 4.79 Å². The van der Waals surface area contributed by atoms with Gasteiger partial charge in [0.15, 0.2) is 0 Å². The Hall–Kier alpha value is -4.19. The second kappa shape index (κ2) is 9.31. The summed E-state index contributed by atoms with van der Waals surface area (Å²) in [6, 6.07) is 22.3. The van der Waals surface area contributed by atoms with Crippen LogP contribution in [0.4, 0.5) is 5.69 Å². The monoisotopic (exact) mass is 425 g/mol. The average molecular weight is 425 g/mol. The first-order valence-corrected chi connectivity index (χ1v) is 10.1. The molecule has 0 aliphatic rings. The zero-order valence-corrected chi connectivity index (χ0v) is 18.1. The van der Waals surface area contributed by atoms with Crippen LogP contribution in [-0.4, -0.2) is 23.0 Å². The molecule has 1 amide bonds. The highest BCUT2D eigenvalue weighted by Gasteiger charge is 2.09. The zero-order valence-electron chi connectivity index (χ0n) is 18.1. The van der Waals surface area contributed by atoms with E-state index in [1.807, 2.05) is 56.3 Å². The maximum absolute atomic E-state index is 12.6. The number of carbonyl (C=O) groups excluding carboxylic acids is 1. The molecule has 0 saturated heterocycles. The van der Waals surface area contributed by atoms with Crippen LogP contribution in [0.5, 0.6) is 17.4 Å². The van der Waals surface area contributed by atoms with Gasteiger partial charge in [-0.15, -0.1) is 0 Å². The van der Waals surface area contributed by atoms with E-state index in [0.29, 0.717) is 28.6 Å². The predicted molar refractivity (Wildman–Crippen MR) is 124 cm³/mol. The molecule has 160 valence electrons. The van der Waals surface area contributed by atoms with Gasteiger partial charge in [0.1, 0.15) is 17.8 Å². The van der Waals surface area contributed by atoms with E-state index in [2.05, 4.69) is 21.4 Å². The first kappa shape index (κ1) is 21.1. The molecule has 1 aromatic heterocycles. The van der Waals surface area contributed by atoms with Gasteiger partial charge >= 0.3 is 0 Å². The number of methoxy groups -OCH3 is 1. The van der Waals surface area contributed by atoms with Crippen molar-refractivity contribution in [1.29, 1.82) is 0 Å². The first-order valence-electron chi connectivity index (χ1n) is 10.1. The third kappa shape index (κ3) is 5.10. The first-order chi connectivity index (χ1) is 15.5. The van der Waals surface area contributed by atoms with Crippen molar-refractivity contribution in [3.63, 3.8) is 0 Å². The molecule has 4 aromatic rings. The van der Waals surface area contributed by atoms with Gasteiger partial charge in [-0.25, -0.2) is 9.97 Å². The summed E-state index contributed by atoms with van der Waals surface area (Å²) in [5.41, 5.74) is 5.10.